The molecule has 1 rings (SSSR count). The summed E-state index contributed by atoms with van der Waals surface area (Å²) in [5.41, 5.74) is 0. The third-order valence-electron chi connectivity index (χ3n) is 2.91. The Hall–Kier alpha value is -1.14. The Kier molecular flexibility index (Phi) is 6.24. The second kappa shape index (κ2) is 7.45. The van der Waals surface area contributed by atoms with Crippen LogP contribution >= 0.6 is 0 Å². The molecule has 0 spiro atoms. The van der Waals surface area contributed by atoms with Crippen LogP contribution in [0.2, 0.25) is 0 Å². The quantitative estimate of drug-likeness (QED) is 0.769. The van der Waals surface area contributed by atoms with Crippen molar-refractivity contribution in [1.82, 2.24) is 9.71 Å². The number of nitrogens with zero attached hydrogens (tertiary/aromatic N) is 1. The van der Waals surface area contributed by atoms with Crippen LogP contribution in [0, 0.1) is 0 Å². The molecule has 0 unspecified atom stereocenters. The van der Waals surface area contributed by atoms with Crippen LogP contribution in [0.15, 0.2) is 23.2 Å². The van der Waals surface area contributed by atoms with Crippen molar-refractivity contribution in [1.29, 1.82) is 0 Å². The van der Waals surface area contributed by atoms with E-state index in [0.29, 0.717) is 12.4 Å². The molecule has 1 heterocycles. The standard InChI is InChI=1S/C13H23N3O2S/c1-4-9-14-13-12(8-7-10-15-13)19(17,18)16-11(5-2)6-3/h7-8,10-11,16H,4-6,9H2,1-3H3,(H,14,15). The van der Waals surface area contributed by atoms with Gasteiger partial charge in [0, 0.05) is 18.8 Å². The number of nitrogens with one attached hydrogen (secondary N) is 2. The van der Waals surface area contributed by atoms with Gasteiger partial charge in [-0.25, -0.2) is 18.1 Å². The van der Waals surface area contributed by atoms with Crippen molar-refractivity contribution in [2.75, 3.05) is 11.9 Å². The summed E-state index contributed by atoms with van der Waals surface area (Å²) in [6.07, 6.45) is 4.05. The predicted molar refractivity (Wildman–Crippen MR) is 77.7 cm³/mol. The number of hydrogen-bond donors (Lipinski definition) is 2. The molecule has 0 fully saturated rings. The summed E-state index contributed by atoms with van der Waals surface area (Å²) in [5.74, 6) is 0.419. The minimum Gasteiger partial charge on any atom is -0.369 e. The zero-order valence-corrected chi connectivity index (χ0v) is 12.6. The second-order valence-corrected chi connectivity index (χ2v) is 6.09. The fraction of sp³-hybridized carbons (Fsp3) is 0.615. The zero-order valence-electron chi connectivity index (χ0n) is 11.8. The molecule has 6 heteroatoms. The van der Waals surface area contributed by atoms with Crippen molar-refractivity contribution in [2.24, 2.45) is 0 Å². The molecule has 2 N–H and O–H groups in total. The summed E-state index contributed by atoms with van der Waals surface area (Å²) >= 11 is 0. The average Bonchev–Trinajstić information content (AvgIpc) is 2.42. The largest absolute Gasteiger partial charge is 0.369 e. The van der Waals surface area contributed by atoms with E-state index in [4.69, 9.17) is 0 Å². The van der Waals surface area contributed by atoms with E-state index in [2.05, 4.69) is 15.0 Å². The Morgan fingerprint density at radius 3 is 2.53 bits per heavy atom. The third-order valence-corrected chi connectivity index (χ3v) is 4.46. The normalized spacial score (nSPS) is 11.8. The van der Waals surface area contributed by atoms with Gasteiger partial charge in [-0.05, 0) is 31.4 Å². The van der Waals surface area contributed by atoms with Gasteiger partial charge in [0.25, 0.3) is 0 Å². The molecule has 0 aromatic carbocycles. The Labute approximate surface area is 115 Å². The third kappa shape index (κ3) is 4.47. The van der Waals surface area contributed by atoms with Crippen LogP contribution < -0.4 is 10.0 Å². The van der Waals surface area contributed by atoms with Crippen molar-refractivity contribution in [3.8, 4) is 0 Å². The molecule has 0 aliphatic heterocycles. The molecule has 1 aromatic heterocycles. The first-order chi connectivity index (χ1) is 9.05. The number of pyridine rings is 1. The lowest BCUT2D eigenvalue weighted by atomic mass is 10.2. The lowest BCUT2D eigenvalue weighted by molar-refractivity contribution is 0.530. The van der Waals surface area contributed by atoms with E-state index in [1.54, 1.807) is 18.3 Å². The summed E-state index contributed by atoms with van der Waals surface area (Å²) in [6.45, 7) is 6.66. The molecule has 108 valence electrons. The van der Waals surface area contributed by atoms with Gasteiger partial charge >= 0.3 is 0 Å². The van der Waals surface area contributed by atoms with Gasteiger partial charge in [-0.2, -0.15) is 0 Å². The summed E-state index contributed by atoms with van der Waals surface area (Å²) in [6, 6.07) is 3.18. The summed E-state index contributed by atoms with van der Waals surface area (Å²) in [5, 5.41) is 3.05. The van der Waals surface area contributed by atoms with Crippen LogP contribution in [0.1, 0.15) is 40.0 Å². The number of hydrogen-bond acceptors (Lipinski definition) is 4. The fourth-order valence-electron chi connectivity index (χ4n) is 1.72. The maximum atomic E-state index is 12.4. The smallest absolute Gasteiger partial charge is 0.244 e. The highest BCUT2D eigenvalue weighted by Gasteiger charge is 2.21. The maximum Gasteiger partial charge on any atom is 0.244 e. The van der Waals surface area contributed by atoms with Gasteiger partial charge in [-0.3, -0.25) is 0 Å². The van der Waals surface area contributed by atoms with Gasteiger partial charge in [-0.15, -0.1) is 0 Å². The molecule has 0 aliphatic carbocycles. The van der Waals surface area contributed by atoms with E-state index in [1.807, 2.05) is 20.8 Å². The Balaban J connectivity index is 3.00. The molecule has 0 bridgehead atoms. The van der Waals surface area contributed by atoms with E-state index in [-0.39, 0.29) is 10.9 Å². The van der Waals surface area contributed by atoms with E-state index in [0.717, 1.165) is 19.3 Å². The first-order valence-corrected chi connectivity index (χ1v) is 8.24. The van der Waals surface area contributed by atoms with Crippen LogP contribution in [0.25, 0.3) is 0 Å². The molecular weight excluding hydrogens is 262 g/mol. The van der Waals surface area contributed by atoms with Gasteiger partial charge in [-0.1, -0.05) is 20.8 Å². The average molecular weight is 285 g/mol. The first-order valence-electron chi connectivity index (χ1n) is 6.76. The van der Waals surface area contributed by atoms with Crippen LogP contribution in [-0.2, 0) is 10.0 Å². The fourth-order valence-corrected chi connectivity index (χ4v) is 3.26. The minimum atomic E-state index is -3.52. The lowest BCUT2D eigenvalue weighted by Crippen LogP contribution is -2.34. The van der Waals surface area contributed by atoms with Crippen molar-refractivity contribution >= 4 is 15.8 Å². The highest BCUT2D eigenvalue weighted by Crippen LogP contribution is 2.18. The number of aromatic nitrogens is 1. The number of sulfonamides is 1. The monoisotopic (exact) mass is 285 g/mol. The van der Waals surface area contributed by atoms with Crippen LogP contribution in [0.3, 0.4) is 0 Å². The van der Waals surface area contributed by atoms with Crippen molar-refractivity contribution in [3.63, 3.8) is 0 Å². The predicted octanol–water partition coefficient (Wildman–Crippen LogP) is 2.37. The zero-order chi connectivity index (χ0) is 14.3. The Morgan fingerprint density at radius 1 is 1.26 bits per heavy atom. The summed E-state index contributed by atoms with van der Waals surface area (Å²) in [7, 11) is -3.52. The first kappa shape index (κ1) is 15.9. The highest BCUT2D eigenvalue weighted by atomic mass is 32.2. The van der Waals surface area contributed by atoms with Gasteiger partial charge in [0.2, 0.25) is 10.0 Å². The van der Waals surface area contributed by atoms with Crippen molar-refractivity contribution in [3.05, 3.63) is 18.3 Å². The molecule has 0 atom stereocenters. The van der Waals surface area contributed by atoms with E-state index >= 15 is 0 Å². The maximum absolute atomic E-state index is 12.4. The highest BCUT2D eigenvalue weighted by molar-refractivity contribution is 7.89. The van der Waals surface area contributed by atoms with Gasteiger partial charge in [0.05, 0.1) is 0 Å². The lowest BCUT2D eigenvalue weighted by Gasteiger charge is -2.16. The topological polar surface area (TPSA) is 71.1 Å². The van der Waals surface area contributed by atoms with Crippen LogP contribution in [-0.4, -0.2) is 26.0 Å². The molecule has 19 heavy (non-hydrogen) atoms. The Bertz CT molecular complexity index is 484. The molecule has 5 nitrogen and oxygen atoms in total. The van der Waals surface area contributed by atoms with Gasteiger partial charge in [0.15, 0.2) is 0 Å². The minimum absolute atomic E-state index is 0.0377. The summed E-state index contributed by atoms with van der Waals surface area (Å²) < 4.78 is 27.4. The molecule has 0 aliphatic rings. The van der Waals surface area contributed by atoms with Gasteiger partial charge in [0.1, 0.15) is 10.7 Å². The molecule has 0 saturated carbocycles. The van der Waals surface area contributed by atoms with E-state index < -0.39 is 10.0 Å². The van der Waals surface area contributed by atoms with E-state index in [9.17, 15) is 8.42 Å². The molecule has 0 radical (unpaired) electrons. The molecule has 1 aromatic rings. The number of rotatable bonds is 8. The van der Waals surface area contributed by atoms with Crippen molar-refractivity contribution in [2.45, 2.75) is 51.0 Å². The molecule has 0 saturated heterocycles. The Morgan fingerprint density at radius 2 is 1.95 bits per heavy atom. The second-order valence-electron chi connectivity index (χ2n) is 4.41. The van der Waals surface area contributed by atoms with Crippen LogP contribution in [0.4, 0.5) is 5.82 Å². The van der Waals surface area contributed by atoms with Gasteiger partial charge < -0.3 is 5.32 Å². The van der Waals surface area contributed by atoms with E-state index in [1.165, 1.54) is 0 Å². The SMILES string of the molecule is CCCNc1ncccc1S(=O)(=O)NC(CC)CC. The molecule has 0 amide bonds. The van der Waals surface area contributed by atoms with Crippen molar-refractivity contribution < 1.29 is 8.42 Å². The summed E-state index contributed by atoms with van der Waals surface area (Å²) in [4.78, 5) is 4.33. The van der Waals surface area contributed by atoms with Crippen LogP contribution in [0.5, 0.6) is 0 Å². The molecular formula is C13H23N3O2S. The number of anilines is 1.